The van der Waals surface area contributed by atoms with Crippen molar-refractivity contribution in [2.45, 2.75) is 26.8 Å². The topological polar surface area (TPSA) is 99.8 Å². The highest BCUT2D eigenvalue weighted by Gasteiger charge is 2.29. The van der Waals surface area contributed by atoms with Crippen molar-refractivity contribution in [3.63, 3.8) is 0 Å². The molecule has 0 heterocycles. The van der Waals surface area contributed by atoms with Crippen LogP contribution in [0.15, 0.2) is 54.6 Å². The Hall–Kier alpha value is -3.55. The van der Waals surface area contributed by atoms with E-state index in [0.29, 0.717) is 23.7 Å². The van der Waals surface area contributed by atoms with Gasteiger partial charge in [0.15, 0.2) is 0 Å². The maximum Gasteiger partial charge on any atom is 0.319 e. The van der Waals surface area contributed by atoms with Gasteiger partial charge in [-0.2, -0.15) is 0 Å². The number of ether oxygens (including phenoxy) is 1. The number of likely N-dealkylation sites (N-methyl/N-ethyl adjacent to an activating group) is 1. The molecular formula is C23H30N4O4. The van der Waals surface area contributed by atoms with Gasteiger partial charge in [0.25, 0.3) is 0 Å². The predicted octanol–water partition coefficient (Wildman–Crippen LogP) is 3.33. The lowest BCUT2D eigenvalue weighted by Crippen LogP contribution is -2.53. The maximum atomic E-state index is 13.1. The van der Waals surface area contributed by atoms with E-state index in [1.54, 1.807) is 62.6 Å². The van der Waals surface area contributed by atoms with Gasteiger partial charge in [-0.15, -0.1) is 0 Å². The molecular weight excluding hydrogens is 396 g/mol. The Morgan fingerprint density at radius 3 is 2.26 bits per heavy atom. The minimum atomic E-state index is -0.770. The number of benzene rings is 2. The molecule has 0 aliphatic rings. The summed E-state index contributed by atoms with van der Waals surface area (Å²) >= 11 is 0. The van der Waals surface area contributed by atoms with E-state index < -0.39 is 12.1 Å². The molecule has 1 atom stereocenters. The Bertz CT molecular complexity index is 886. The van der Waals surface area contributed by atoms with E-state index in [2.05, 4.69) is 16.0 Å². The van der Waals surface area contributed by atoms with Gasteiger partial charge in [-0.1, -0.05) is 38.1 Å². The summed E-state index contributed by atoms with van der Waals surface area (Å²) in [7, 11) is 1.55. The third-order valence-electron chi connectivity index (χ3n) is 4.63. The van der Waals surface area contributed by atoms with E-state index in [1.807, 2.05) is 19.9 Å². The molecule has 1 unspecified atom stereocenters. The van der Waals surface area contributed by atoms with E-state index in [-0.39, 0.29) is 24.3 Å². The number of methoxy groups -OCH3 is 1. The third kappa shape index (κ3) is 7.33. The zero-order chi connectivity index (χ0) is 22.8. The number of carbonyl (C=O) groups is 3. The van der Waals surface area contributed by atoms with Gasteiger partial charge in [-0.3, -0.25) is 9.59 Å². The lowest BCUT2D eigenvalue weighted by atomic mass is 10.0. The zero-order valence-electron chi connectivity index (χ0n) is 18.3. The number of hydrogen-bond acceptors (Lipinski definition) is 4. The largest absolute Gasteiger partial charge is 0.497 e. The Morgan fingerprint density at radius 2 is 1.65 bits per heavy atom. The van der Waals surface area contributed by atoms with Crippen LogP contribution in [0.4, 0.5) is 16.2 Å². The minimum Gasteiger partial charge on any atom is -0.497 e. The molecule has 8 heteroatoms. The summed E-state index contributed by atoms with van der Waals surface area (Å²) < 4.78 is 5.15. The number of urea groups is 1. The Balaban J connectivity index is 2.00. The normalized spacial score (nSPS) is 11.4. The smallest absolute Gasteiger partial charge is 0.319 e. The molecule has 0 aliphatic carbocycles. The average Bonchev–Trinajstić information content (AvgIpc) is 2.76. The number of hydrogen-bond donors (Lipinski definition) is 3. The van der Waals surface area contributed by atoms with Crippen molar-refractivity contribution in [1.82, 2.24) is 10.2 Å². The number of para-hydroxylation sites is 1. The lowest BCUT2D eigenvalue weighted by Gasteiger charge is -2.28. The van der Waals surface area contributed by atoms with E-state index in [1.165, 1.54) is 4.90 Å². The van der Waals surface area contributed by atoms with Crippen LogP contribution >= 0.6 is 0 Å². The molecule has 0 fully saturated rings. The van der Waals surface area contributed by atoms with E-state index in [0.717, 1.165) is 0 Å². The summed E-state index contributed by atoms with van der Waals surface area (Å²) in [6.07, 6.45) is 0. The Kier molecular flexibility index (Phi) is 8.87. The highest BCUT2D eigenvalue weighted by molar-refractivity contribution is 5.97. The molecule has 31 heavy (non-hydrogen) atoms. The monoisotopic (exact) mass is 426 g/mol. The summed E-state index contributed by atoms with van der Waals surface area (Å²) in [5, 5.41) is 8.20. The minimum absolute atomic E-state index is 0.127. The van der Waals surface area contributed by atoms with Crippen molar-refractivity contribution in [2.24, 2.45) is 5.92 Å². The molecule has 166 valence electrons. The van der Waals surface area contributed by atoms with Crippen LogP contribution < -0.4 is 20.7 Å². The summed E-state index contributed by atoms with van der Waals surface area (Å²) in [4.78, 5) is 39.4. The number of rotatable bonds is 9. The average molecular weight is 427 g/mol. The Labute approximate surface area is 183 Å². The lowest BCUT2D eigenvalue weighted by molar-refractivity contribution is -0.137. The molecule has 0 saturated heterocycles. The van der Waals surface area contributed by atoms with E-state index >= 15 is 0 Å². The molecule has 3 N–H and O–H groups in total. The SMILES string of the molecule is CCN(CC(=O)Nc1cccc(OC)c1)C(=O)C(NC(=O)Nc1ccccc1)C(C)C. The molecule has 0 aromatic heterocycles. The number of amides is 4. The van der Waals surface area contributed by atoms with Crippen LogP contribution in [0.2, 0.25) is 0 Å². The van der Waals surface area contributed by atoms with Gasteiger partial charge in [0.1, 0.15) is 11.8 Å². The molecule has 0 spiro atoms. The molecule has 4 amide bonds. The summed E-state index contributed by atoms with van der Waals surface area (Å²) in [5.74, 6) is -0.194. The third-order valence-corrected chi connectivity index (χ3v) is 4.63. The van der Waals surface area contributed by atoms with Gasteiger partial charge >= 0.3 is 6.03 Å². The predicted molar refractivity (Wildman–Crippen MR) is 121 cm³/mol. The first-order valence-corrected chi connectivity index (χ1v) is 10.2. The molecule has 2 rings (SSSR count). The molecule has 0 aliphatic heterocycles. The van der Waals surface area contributed by atoms with Crippen molar-refractivity contribution >= 4 is 29.2 Å². The number of nitrogens with one attached hydrogen (secondary N) is 3. The Morgan fingerprint density at radius 1 is 0.968 bits per heavy atom. The molecule has 2 aromatic carbocycles. The number of nitrogens with zero attached hydrogens (tertiary/aromatic N) is 1. The van der Waals surface area contributed by atoms with E-state index in [9.17, 15) is 14.4 Å². The zero-order valence-corrected chi connectivity index (χ0v) is 18.3. The van der Waals surface area contributed by atoms with Gasteiger partial charge in [-0.05, 0) is 37.1 Å². The van der Waals surface area contributed by atoms with Gasteiger partial charge in [-0.25, -0.2) is 4.79 Å². The first-order valence-electron chi connectivity index (χ1n) is 10.2. The van der Waals surface area contributed by atoms with Crippen LogP contribution in [0, 0.1) is 5.92 Å². The second kappa shape index (κ2) is 11.6. The van der Waals surface area contributed by atoms with Gasteiger partial charge < -0.3 is 25.6 Å². The second-order valence-corrected chi connectivity index (χ2v) is 7.32. The van der Waals surface area contributed by atoms with Crippen LogP contribution in [-0.4, -0.2) is 49.0 Å². The fourth-order valence-electron chi connectivity index (χ4n) is 2.96. The van der Waals surface area contributed by atoms with Crippen LogP contribution in [0.3, 0.4) is 0 Å². The van der Waals surface area contributed by atoms with Gasteiger partial charge in [0.2, 0.25) is 11.8 Å². The first-order chi connectivity index (χ1) is 14.8. The van der Waals surface area contributed by atoms with Crippen LogP contribution in [0.1, 0.15) is 20.8 Å². The standard InChI is InChI=1S/C23H30N4O4/c1-5-27(15-20(28)24-18-12-9-13-19(14-18)31-4)22(29)21(16(2)3)26-23(30)25-17-10-7-6-8-11-17/h6-14,16,21H,5,15H2,1-4H3,(H,24,28)(H2,25,26,30). The highest BCUT2D eigenvalue weighted by atomic mass is 16.5. The van der Waals surface area contributed by atoms with Crippen molar-refractivity contribution < 1.29 is 19.1 Å². The first kappa shape index (κ1) is 23.7. The summed E-state index contributed by atoms with van der Waals surface area (Å²) in [5.41, 5.74) is 1.20. The fraction of sp³-hybridized carbons (Fsp3) is 0.348. The fourth-order valence-corrected chi connectivity index (χ4v) is 2.96. The van der Waals surface area contributed by atoms with Crippen molar-refractivity contribution in [1.29, 1.82) is 0 Å². The quantitative estimate of drug-likeness (QED) is 0.573. The second-order valence-electron chi connectivity index (χ2n) is 7.32. The van der Waals surface area contributed by atoms with Gasteiger partial charge in [0, 0.05) is 24.0 Å². The van der Waals surface area contributed by atoms with Crippen LogP contribution in [0.25, 0.3) is 0 Å². The molecule has 0 bridgehead atoms. The number of carbonyl (C=O) groups excluding carboxylic acids is 3. The molecule has 0 radical (unpaired) electrons. The van der Waals surface area contributed by atoms with Crippen molar-refractivity contribution in [2.75, 3.05) is 30.8 Å². The molecule has 0 saturated carbocycles. The van der Waals surface area contributed by atoms with Crippen molar-refractivity contribution in [3.05, 3.63) is 54.6 Å². The highest BCUT2D eigenvalue weighted by Crippen LogP contribution is 2.17. The molecule has 8 nitrogen and oxygen atoms in total. The van der Waals surface area contributed by atoms with Gasteiger partial charge in [0.05, 0.1) is 13.7 Å². The summed E-state index contributed by atoms with van der Waals surface area (Å²) in [6, 6.07) is 14.7. The van der Waals surface area contributed by atoms with E-state index in [4.69, 9.17) is 4.74 Å². The maximum absolute atomic E-state index is 13.1. The van der Waals surface area contributed by atoms with Crippen LogP contribution in [-0.2, 0) is 9.59 Å². The van der Waals surface area contributed by atoms with Crippen LogP contribution in [0.5, 0.6) is 5.75 Å². The summed E-state index contributed by atoms with van der Waals surface area (Å²) in [6.45, 7) is 5.68. The number of anilines is 2. The molecule has 2 aromatic rings. The van der Waals surface area contributed by atoms with Crippen molar-refractivity contribution in [3.8, 4) is 5.75 Å².